The Labute approximate surface area is 157 Å². The molecule has 0 radical (unpaired) electrons. The summed E-state index contributed by atoms with van der Waals surface area (Å²) in [5.74, 6) is -1.39. The Bertz CT molecular complexity index is 624. The van der Waals surface area contributed by atoms with Crippen molar-refractivity contribution in [2.24, 2.45) is 34.5 Å². The van der Waals surface area contributed by atoms with Gasteiger partial charge in [0.25, 0.3) is 0 Å². The zero-order valence-corrected chi connectivity index (χ0v) is 16.5. The van der Waals surface area contributed by atoms with Crippen molar-refractivity contribution in [3.63, 3.8) is 0 Å². The normalized spacial score (nSPS) is 46.6. The van der Waals surface area contributed by atoms with E-state index in [2.05, 4.69) is 13.8 Å². The Morgan fingerprint density at radius 1 is 1.15 bits per heavy atom. The lowest BCUT2D eigenvalue weighted by Gasteiger charge is -2.60. The van der Waals surface area contributed by atoms with Gasteiger partial charge in [-0.2, -0.15) is 0 Å². The van der Waals surface area contributed by atoms with Gasteiger partial charge in [-0.05, 0) is 80.6 Å². The second-order valence-electron chi connectivity index (χ2n) is 9.89. The lowest BCUT2D eigenvalue weighted by atomic mass is 9.46. The van der Waals surface area contributed by atoms with Gasteiger partial charge < -0.3 is 14.9 Å². The monoisotopic (exact) mass is 362 g/mol. The summed E-state index contributed by atoms with van der Waals surface area (Å²) in [6.07, 6.45) is 9.94. The fourth-order valence-corrected chi connectivity index (χ4v) is 7.13. The van der Waals surface area contributed by atoms with Gasteiger partial charge in [-0.25, -0.2) is 0 Å². The van der Waals surface area contributed by atoms with Crippen molar-refractivity contribution in [1.82, 2.24) is 0 Å². The van der Waals surface area contributed by atoms with Gasteiger partial charge in [0.05, 0.1) is 12.5 Å². The minimum absolute atomic E-state index is 0.00740. The molecule has 1 unspecified atom stereocenters. The van der Waals surface area contributed by atoms with Gasteiger partial charge in [-0.3, -0.25) is 4.79 Å². The molecule has 6 atom stereocenters. The largest absolute Gasteiger partial charge is 0.466 e. The number of fused-ring (bicyclic) bond motifs is 5. The van der Waals surface area contributed by atoms with E-state index in [1.807, 2.05) is 6.92 Å². The fourth-order valence-electron chi connectivity index (χ4n) is 7.13. The lowest BCUT2D eigenvalue weighted by molar-refractivity contribution is -0.232. The highest BCUT2D eigenvalue weighted by atomic mass is 16.5. The van der Waals surface area contributed by atoms with E-state index in [1.165, 1.54) is 19.3 Å². The van der Waals surface area contributed by atoms with E-state index in [4.69, 9.17) is 4.74 Å². The molecule has 4 aliphatic carbocycles. The molecule has 146 valence electrons. The van der Waals surface area contributed by atoms with Gasteiger partial charge in [-0.15, -0.1) is 0 Å². The molecule has 0 saturated heterocycles. The molecule has 0 heterocycles. The molecule has 0 amide bonds. The van der Waals surface area contributed by atoms with Crippen LogP contribution in [0.1, 0.15) is 72.1 Å². The van der Waals surface area contributed by atoms with Crippen LogP contribution < -0.4 is 0 Å². The first kappa shape index (κ1) is 18.5. The topological polar surface area (TPSA) is 66.8 Å². The molecule has 4 rings (SSSR count). The van der Waals surface area contributed by atoms with Crippen molar-refractivity contribution in [3.8, 4) is 0 Å². The van der Waals surface area contributed by atoms with Gasteiger partial charge >= 0.3 is 5.97 Å². The van der Waals surface area contributed by atoms with Crippen LogP contribution in [0.25, 0.3) is 0 Å². The van der Waals surface area contributed by atoms with Gasteiger partial charge in [0, 0.05) is 5.92 Å². The van der Waals surface area contributed by atoms with Crippen LogP contribution in [0.2, 0.25) is 0 Å². The molecule has 0 aliphatic heterocycles. The molecule has 4 heteroatoms. The van der Waals surface area contributed by atoms with E-state index in [1.54, 1.807) is 6.08 Å². The molecule has 0 aromatic rings. The average Bonchev–Trinajstić information content (AvgIpc) is 2.96. The van der Waals surface area contributed by atoms with E-state index >= 15 is 0 Å². The quantitative estimate of drug-likeness (QED) is 0.445. The first-order chi connectivity index (χ1) is 12.2. The van der Waals surface area contributed by atoms with Crippen LogP contribution in [0.5, 0.6) is 0 Å². The maximum atomic E-state index is 12.2. The third-order valence-electron chi connectivity index (χ3n) is 8.58. The predicted octanol–water partition coefficient (Wildman–Crippen LogP) is 3.81. The Kier molecular flexibility index (Phi) is 4.31. The molecular weight excluding hydrogens is 328 g/mol. The zero-order valence-electron chi connectivity index (χ0n) is 16.5. The number of aliphatic hydroxyl groups is 2. The van der Waals surface area contributed by atoms with Crippen LogP contribution in [0, 0.1) is 34.5 Å². The van der Waals surface area contributed by atoms with Gasteiger partial charge in [0.2, 0.25) is 0 Å². The van der Waals surface area contributed by atoms with Gasteiger partial charge in [-0.1, -0.05) is 25.8 Å². The summed E-state index contributed by atoms with van der Waals surface area (Å²) in [6, 6.07) is 0. The molecule has 0 spiro atoms. The summed E-state index contributed by atoms with van der Waals surface area (Å²) in [4.78, 5) is 12.2. The van der Waals surface area contributed by atoms with Crippen LogP contribution in [-0.2, 0) is 9.53 Å². The highest BCUT2D eigenvalue weighted by Gasteiger charge is 2.62. The summed E-state index contributed by atoms with van der Waals surface area (Å²) < 4.78 is 5.23. The Morgan fingerprint density at radius 3 is 2.65 bits per heavy atom. The molecule has 0 aromatic heterocycles. The summed E-state index contributed by atoms with van der Waals surface area (Å²) in [6.45, 7) is 6.91. The molecule has 0 aromatic carbocycles. The van der Waals surface area contributed by atoms with Crippen LogP contribution in [0.4, 0.5) is 0 Å². The van der Waals surface area contributed by atoms with E-state index in [0.29, 0.717) is 24.9 Å². The second kappa shape index (κ2) is 6.07. The number of carbonyl (C=O) groups is 1. The summed E-state index contributed by atoms with van der Waals surface area (Å²) in [5.41, 5.74) is 1.34. The van der Waals surface area contributed by atoms with Gasteiger partial charge in [0.15, 0.2) is 5.79 Å². The minimum atomic E-state index is -1.74. The average molecular weight is 363 g/mol. The molecule has 4 nitrogen and oxygen atoms in total. The van der Waals surface area contributed by atoms with Crippen molar-refractivity contribution in [3.05, 3.63) is 11.6 Å². The smallest absolute Gasteiger partial charge is 0.309 e. The van der Waals surface area contributed by atoms with Crippen molar-refractivity contribution in [2.75, 3.05) is 6.61 Å². The SMILES string of the molecule is CCOC(=O)C1CC[C@@]2(C)C(=CC(O)(O)[C@@H]3[C@H]2CC[C@]2(C)CCC[C@@H]32)C1. The number of hydrogen-bond donors (Lipinski definition) is 2. The van der Waals surface area contributed by atoms with E-state index in [-0.39, 0.29) is 28.6 Å². The first-order valence-electron chi connectivity index (χ1n) is 10.5. The van der Waals surface area contributed by atoms with Gasteiger partial charge in [0.1, 0.15) is 0 Å². The van der Waals surface area contributed by atoms with E-state index < -0.39 is 5.79 Å². The number of hydrogen-bond acceptors (Lipinski definition) is 4. The Morgan fingerprint density at radius 2 is 1.92 bits per heavy atom. The highest BCUT2D eigenvalue weighted by Crippen LogP contribution is 2.66. The zero-order chi connectivity index (χ0) is 18.7. The maximum absolute atomic E-state index is 12.2. The summed E-state index contributed by atoms with van der Waals surface area (Å²) >= 11 is 0. The van der Waals surface area contributed by atoms with Crippen LogP contribution in [0.3, 0.4) is 0 Å². The fraction of sp³-hybridized carbons (Fsp3) is 0.864. The summed E-state index contributed by atoms with van der Waals surface area (Å²) in [5, 5.41) is 22.2. The van der Waals surface area contributed by atoms with Crippen molar-refractivity contribution in [2.45, 2.75) is 77.9 Å². The molecule has 0 bridgehead atoms. The van der Waals surface area contributed by atoms with Crippen molar-refractivity contribution < 1.29 is 19.7 Å². The molecule has 26 heavy (non-hydrogen) atoms. The highest BCUT2D eigenvalue weighted by molar-refractivity contribution is 5.73. The first-order valence-corrected chi connectivity index (χ1v) is 10.5. The third-order valence-corrected chi connectivity index (χ3v) is 8.58. The third kappa shape index (κ3) is 2.59. The number of ether oxygens (including phenoxy) is 1. The number of esters is 1. The lowest BCUT2D eigenvalue weighted by Crippen LogP contribution is -2.59. The molecule has 2 N–H and O–H groups in total. The Hall–Kier alpha value is -0.870. The van der Waals surface area contributed by atoms with E-state index in [9.17, 15) is 15.0 Å². The molecular formula is C22H34O4. The number of carbonyl (C=O) groups excluding carboxylic acids is 1. The minimum Gasteiger partial charge on any atom is -0.466 e. The second-order valence-corrected chi connectivity index (χ2v) is 9.89. The van der Waals surface area contributed by atoms with Crippen molar-refractivity contribution in [1.29, 1.82) is 0 Å². The van der Waals surface area contributed by atoms with E-state index in [0.717, 1.165) is 31.3 Å². The maximum Gasteiger partial charge on any atom is 0.309 e. The Balaban J connectivity index is 1.68. The summed E-state index contributed by atoms with van der Waals surface area (Å²) in [7, 11) is 0. The number of allylic oxidation sites excluding steroid dienone is 1. The van der Waals surface area contributed by atoms with Crippen molar-refractivity contribution >= 4 is 5.97 Å². The van der Waals surface area contributed by atoms with Crippen LogP contribution in [-0.4, -0.2) is 28.6 Å². The molecule has 3 saturated carbocycles. The predicted molar refractivity (Wildman–Crippen MR) is 99.0 cm³/mol. The molecule has 3 fully saturated rings. The number of rotatable bonds is 2. The molecule has 4 aliphatic rings. The van der Waals surface area contributed by atoms with Crippen LogP contribution in [0.15, 0.2) is 11.6 Å². The standard InChI is InChI=1S/C22H34O4/c1-4-26-19(23)14-7-11-21(3)15(12-14)13-22(24,25)18-16-6-5-9-20(16,2)10-8-17(18)21/h13-14,16-18,24-25H,4-12H2,1-3H3/t14?,16-,17+,18-,20-,21-/m0/s1. The van der Waals surface area contributed by atoms with Crippen LogP contribution >= 0.6 is 0 Å².